The van der Waals surface area contributed by atoms with Crippen LogP contribution < -0.4 is 4.74 Å². The van der Waals surface area contributed by atoms with Gasteiger partial charge >= 0.3 is 0 Å². The topological polar surface area (TPSA) is 49.9 Å². The molecule has 0 N–H and O–H groups in total. The molecular formula is C28H34N2O3. The molecule has 2 aromatic rings. The summed E-state index contributed by atoms with van der Waals surface area (Å²) in [5, 5.41) is 0. The van der Waals surface area contributed by atoms with Gasteiger partial charge in [-0.2, -0.15) is 0 Å². The number of hydrogen-bond donors (Lipinski definition) is 0. The predicted octanol–water partition coefficient (Wildman–Crippen LogP) is 4.49. The van der Waals surface area contributed by atoms with E-state index in [0.717, 1.165) is 64.0 Å². The largest absolute Gasteiger partial charge is 0.494 e. The Bertz CT molecular complexity index is 954. The zero-order valence-corrected chi connectivity index (χ0v) is 19.3. The average Bonchev–Trinajstić information content (AvgIpc) is 3.57. The van der Waals surface area contributed by atoms with Gasteiger partial charge in [-0.15, -0.1) is 0 Å². The van der Waals surface area contributed by atoms with E-state index in [0.29, 0.717) is 24.9 Å². The van der Waals surface area contributed by atoms with Gasteiger partial charge in [-0.05, 0) is 61.1 Å². The van der Waals surface area contributed by atoms with Gasteiger partial charge in [0, 0.05) is 38.5 Å². The van der Waals surface area contributed by atoms with Crippen LogP contribution in [-0.2, 0) is 9.59 Å². The van der Waals surface area contributed by atoms with E-state index in [2.05, 4.69) is 29.2 Å². The average molecular weight is 447 g/mol. The maximum atomic E-state index is 13.1. The maximum absolute atomic E-state index is 13.1. The molecular weight excluding hydrogens is 412 g/mol. The van der Waals surface area contributed by atoms with Gasteiger partial charge in [0.25, 0.3) is 0 Å². The minimum atomic E-state index is 0.169. The summed E-state index contributed by atoms with van der Waals surface area (Å²) in [5.74, 6) is 2.00. The number of nitrogens with zero attached hydrogens (tertiary/aromatic N) is 2. The first-order chi connectivity index (χ1) is 16.1. The standard InChI is InChI=1S/C28H34N2O3/c31-26(12-7-19-33-23-10-5-2-6-11-23)29-16-13-28(14-17-29)15-18-30(21-28)27(32)25-20-24(25)22-8-3-1-4-9-22/h1-6,8-11,24-25H,7,12-21H2. The van der Waals surface area contributed by atoms with Gasteiger partial charge in [0.15, 0.2) is 0 Å². The van der Waals surface area contributed by atoms with Gasteiger partial charge in [0.2, 0.25) is 11.8 Å². The smallest absolute Gasteiger partial charge is 0.226 e. The number of hydrogen-bond acceptors (Lipinski definition) is 3. The fraction of sp³-hybridized carbons (Fsp3) is 0.500. The van der Waals surface area contributed by atoms with E-state index in [4.69, 9.17) is 4.74 Å². The molecule has 5 rings (SSSR count). The number of carbonyl (C=O) groups excluding carboxylic acids is 2. The highest BCUT2D eigenvalue weighted by atomic mass is 16.5. The van der Waals surface area contributed by atoms with E-state index < -0.39 is 0 Å². The second-order valence-electron chi connectivity index (χ2n) is 10.0. The van der Waals surface area contributed by atoms with Crippen LogP contribution in [-0.4, -0.2) is 54.4 Å². The lowest BCUT2D eigenvalue weighted by atomic mass is 9.77. The van der Waals surface area contributed by atoms with Gasteiger partial charge in [0.1, 0.15) is 5.75 Å². The van der Waals surface area contributed by atoms with Crippen LogP contribution in [0.1, 0.15) is 50.0 Å². The molecule has 2 atom stereocenters. The van der Waals surface area contributed by atoms with Crippen molar-refractivity contribution in [2.45, 2.75) is 44.4 Å². The molecule has 0 radical (unpaired) electrons. The summed E-state index contributed by atoms with van der Waals surface area (Å²) >= 11 is 0. The normalized spacial score (nSPS) is 23.5. The first kappa shape index (κ1) is 22.0. The fourth-order valence-corrected chi connectivity index (χ4v) is 5.62. The summed E-state index contributed by atoms with van der Waals surface area (Å²) < 4.78 is 5.71. The summed E-state index contributed by atoms with van der Waals surface area (Å²) in [6.07, 6.45) is 5.36. The van der Waals surface area contributed by atoms with Crippen LogP contribution in [0.3, 0.4) is 0 Å². The molecule has 2 amide bonds. The zero-order chi connectivity index (χ0) is 22.7. The van der Waals surface area contributed by atoms with E-state index in [1.165, 1.54) is 5.56 Å². The molecule has 1 saturated carbocycles. The molecule has 174 valence electrons. The molecule has 2 aromatic carbocycles. The van der Waals surface area contributed by atoms with Crippen LogP contribution in [0.15, 0.2) is 60.7 Å². The number of benzene rings is 2. The maximum Gasteiger partial charge on any atom is 0.226 e. The minimum absolute atomic E-state index is 0.169. The Labute approximate surface area is 196 Å². The van der Waals surface area contributed by atoms with Crippen LogP contribution >= 0.6 is 0 Å². The van der Waals surface area contributed by atoms with Crippen molar-refractivity contribution < 1.29 is 14.3 Å². The summed E-state index contributed by atoms with van der Waals surface area (Å²) in [7, 11) is 0. The van der Waals surface area contributed by atoms with Gasteiger partial charge in [0.05, 0.1) is 6.61 Å². The number of ether oxygens (including phenoxy) is 1. The van der Waals surface area contributed by atoms with Crippen molar-refractivity contribution in [2.24, 2.45) is 11.3 Å². The molecule has 5 heteroatoms. The van der Waals surface area contributed by atoms with Crippen molar-refractivity contribution in [1.82, 2.24) is 9.80 Å². The Morgan fingerprint density at radius 3 is 2.21 bits per heavy atom. The van der Waals surface area contributed by atoms with Crippen LogP contribution in [0.25, 0.3) is 0 Å². The molecule has 3 aliphatic rings. The molecule has 5 nitrogen and oxygen atoms in total. The van der Waals surface area contributed by atoms with Crippen LogP contribution in [0.4, 0.5) is 0 Å². The van der Waals surface area contributed by atoms with Crippen molar-refractivity contribution in [3.8, 4) is 5.75 Å². The quantitative estimate of drug-likeness (QED) is 0.589. The van der Waals surface area contributed by atoms with Gasteiger partial charge in [-0.1, -0.05) is 48.5 Å². The molecule has 2 saturated heterocycles. The second-order valence-corrected chi connectivity index (χ2v) is 10.0. The predicted molar refractivity (Wildman–Crippen MR) is 128 cm³/mol. The summed E-state index contributed by atoms with van der Waals surface area (Å²) in [6, 6.07) is 20.2. The number of carbonyl (C=O) groups is 2. The van der Waals surface area contributed by atoms with E-state index >= 15 is 0 Å². The molecule has 1 aliphatic carbocycles. The lowest BCUT2D eigenvalue weighted by Gasteiger charge is -2.39. The third-order valence-corrected chi connectivity index (χ3v) is 7.81. The fourth-order valence-electron chi connectivity index (χ4n) is 5.62. The zero-order valence-electron chi connectivity index (χ0n) is 19.3. The summed E-state index contributed by atoms with van der Waals surface area (Å²) in [5.41, 5.74) is 1.51. The van der Waals surface area contributed by atoms with E-state index in [1.54, 1.807) is 0 Å². The highest BCUT2D eigenvalue weighted by Gasteiger charge is 2.49. The molecule has 2 unspecified atom stereocenters. The number of piperidine rings is 1. The van der Waals surface area contributed by atoms with Gasteiger partial charge < -0.3 is 14.5 Å². The molecule has 1 spiro atoms. The first-order valence-corrected chi connectivity index (χ1v) is 12.4. The number of para-hydroxylation sites is 1. The third kappa shape index (κ3) is 5.07. The molecule has 33 heavy (non-hydrogen) atoms. The van der Waals surface area contributed by atoms with Crippen LogP contribution in [0.2, 0.25) is 0 Å². The Morgan fingerprint density at radius 2 is 1.52 bits per heavy atom. The number of amides is 2. The third-order valence-electron chi connectivity index (χ3n) is 7.81. The monoisotopic (exact) mass is 446 g/mol. The van der Waals surface area contributed by atoms with Gasteiger partial charge in [-0.3, -0.25) is 9.59 Å². The van der Waals surface area contributed by atoms with Gasteiger partial charge in [-0.25, -0.2) is 0 Å². The highest BCUT2D eigenvalue weighted by Crippen LogP contribution is 2.50. The van der Waals surface area contributed by atoms with E-state index in [-0.39, 0.29) is 17.2 Å². The second kappa shape index (κ2) is 9.58. The Balaban J connectivity index is 1.04. The van der Waals surface area contributed by atoms with Crippen molar-refractivity contribution in [1.29, 1.82) is 0 Å². The number of rotatable bonds is 7. The Morgan fingerprint density at radius 1 is 0.879 bits per heavy atom. The van der Waals surface area contributed by atoms with Crippen LogP contribution in [0.5, 0.6) is 5.75 Å². The molecule has 3 fully saturated rings. The molecule has 2 aliphatic heterocycles. The first-order valence-electron chi connectivity index (χ1n) is 12.4. The molecule has 0 bridgehead atoms. The Hall–Kier alpha value is -2.82. The molecule has 2 heterocycles. The highest BCUT2D eigenvalue weighted by molar-refractivity contribution is 5.83. The Kier molecular flexibility index (Phi) is 6.39. The van der Waals surface area contributed by atoms with E-state index in [9.17, 15) is 9.59 Å². The van der Waals surface area contributed by atoms with Crippen LogP contribution in [0, 0.1) is 11.3 Å². The summed E-state index contributed by atoms with van der Waals surface area (Å²) in [6.45, 7) is 3.95. The lowest BCUT2D eigenvalue weighted by molar-refractivity contribution is -0.135. The van der Waals surface area contributed by atoms with Crippen molar-refractivity contribution in [3.05, 3.63) is 66.2 Å². The van der Waals surface area contributed by atoms with Crippen molar-refractivity contribution in [2.75, 3.05) is 32.8 Å². The van der Waals surface area contributed by atoms with Crippen molar-refractivity contribution >= 4 is 11.8 Å². The number of likely N-dealkylation sites (tertiary alicyclic amines) is 2. The SMILES string of the molecule is O=C(CCCOc1ccccc1)N1CCC2(CC1)CCN(C(=O)C1CC1c1ccccc1)C2. The van der Waals surface area contributed by atoms with E-state index in [1.807, 2.05) is 41.3 Å². The minimum Gasteiger partial charge on any atom is -0.494 e. The molecule has 0 aromatic heterocycles. The lowest BCUT2D eigenvalue weighted by Crippen LogP contribution is -2.44. The summed E-state index contributed by atoms with van der Waals surface area (Å²) in [4.78, 5) is 29.9. The van der Waals surface area contributed by atoms with Crippen molar-refractivity contribution in [3.63, 3.8) is 0 Å².